The zero-order valence-corrected chi connectivity index (χ0v) is 17.6. The Labute approximate surface area is 200 Å². The molecule has 17 heteroatoms. The maximum absolute atomic E-state index is 12.5. The molecule has 2 aromatic carbocycles. The van der Waals surface area contributed by atoms with E-state index >= 15 is 0 Å². The zero-order valence-electron chi connectivity index (χ0n) is 17.6. The molecule has 186 valence electrons. The van der Waals surface area contributed by atoms with Crippen LogP contribution in [-0.4, -0.2) is 30.8 Å². The predicted molar refractivity (Wildman–Crippen MR) is 118 cm³/mol. The number of carboxylic acids is 1. The van der Waals surface area contributed by atoms with Crippen LogP contribution in [-0.2, 0) is 0 Å². The highest BCUT2D eigenvalue weighted by atomic mass is 16.6. The summed E-state index contributed by atoms with van der Waals surface area (Å²) in [6, 6.07) is 5.75. The highest BCUT2D eigenvalue weighted by Gasteiger charge is 2.38. The summed E-state index contributed by atoms with van der Waals surface area (Å²) in [6.07, 6.45) is 0. The third-order valence-corrected chi connectivity index (χ3v) is 5.31. The highest BCUT2D eigenvalue weighted by molar-refractivity contribution is 6.11. The second-order valence-electron chi connectivity index (χ2n) is 7.26. The Balaban J connectivity index is 2.47. The van der Waals surface area contributed by atoms with Crippen LogP contribution in [0.15, 0.2) is 45.6 Å². The molecule has 0 atom stereocenters. The molecule has 0 fully saturated rings. The number of hydrogen-bond acceptors (Lipinski definition) is 12. The van der Waals surface area contributed by atoms with Crippen LogP contribution in [0.4, 0.5) is 22.7 Å². The molecule has 4 rings (SSSR count). The van der Waals surface area contributed by atoms with Crippen molar-refractivity contribution in [2.75, 3.05) is 0 Å². The molecule has 0 spiro atoms. The molecular formula is C20H7N4O13-. The molecule has 0 radical (unpaired) electrons. The van der Waals surface area contributed by atoms with Gasteiger partial charge in [-0.2, -0.15) is 0 Å². The SMILES string of the molecule is O=C(O)c1ccccc1-c1c2cc([N+](=O)[O-])c(=O)c([N+](=O)[O-])c-2oc2c([N+](=O)[O-])c([O-])c([N+](=O)[O-])cc12. The van der Waals surface area contributed by atoms with Crippen LogP contribution < -0.4 is 10.5 Å². The number of rotatable bonds is 6. The van der Waals surface area contributed by atoms with E-state index in [4.69, 9.17) is 4.42 Å². The van der Waals surface area contributed by atoms with E-state index in [1.54, 1.807) is 0 Å². The fourth-order valence-corrected chi connectivity index (χ4v) is 3.85. The fourth-order valence-electron chi connectivity index (χ4n) is 3.85. The minimum atomic E-state index is -1.74. The normalized spacial score (nSPS) is 10.9. The zero-order chi connectivity index (χ0) is 27.3. The molecule has 37 heavy (non-hydrogen) atoms. The van der Waals surface area contributed by atoms with E-state index < -0.39 is 93.0 Å². The van der Waals surface area contributed by atoms with E-state index in [-0.39, 0.29) is 5.56 Å². The number of fused-ring (bicyclic) bond motifs is 2. The Bertz CT molecular complexity index is 1760. The van der Waals surface area contributed by atoms with Crippen LogP contribution >= 0.6 is 0 Å². The van der Waals surface area contributed by atoms with Gasteiger partial charge in [0.05, 0.1) is 31.0 Å². The second-order valence-corrected chi connectivity index (χ2v) is 7.26. The Hall–Kier alpha value is -6.00. The molecule has 0 bridgehead atoms. The lowest BCUT2D eigenvalue weighted by molar-refractivity contribution is -0.415. The molecule has 1 aliphatic carbocycles. The summed E-state index contributed by atoms with van der Waals surface area (Å²) >= 11 is 0. The van der Waals surface area contributed by atoms with Crippen LogP contribution in [0.2, 0.25) is 0 Å². The molecule has 2 aliphatic rings. The summed E-state index contributed by atoms with van der Waals surface area (Å²) in [7, 11) is 0. The van der Waals surface area contributed by atoms with Gasteiger partial charge in [0.1, 0.15) is 0 Å². The summed E-state index contributed by atoms with van der Waals surface area (Å²) in [5.74, 6) is -4.37. The lowest BCUT2D eigenvalue weighted by Crippen LogP contribution is -2.15. The first-order chi connectivity index (χ1) is 17.4. The van der Waals surface area contributed by atoms with Crippen LogP contribution in [0.1, 0.15) is 10.4 Å². The van der Waals surface area contributed by atoms with Crippen molar-refractivity contribution in [3.8, 4) is 28.2 Å². The maximum Gasteiger partial charge on any atom is 0.366 e. The second kappa shape index (κ2) is 8.34. The first-order valence-corrected chi connectivity index (χ1v) is 9.58. The Morgan fingerprint density at radius 3 is 1.95 bits per heavy atom. The standard InChI is InChI=1S/C20H8N4O13/c25-16-11(21(29)30)5-9-13(7-3-1-2-4-8(7)20(27)28)10-6-12(22(31)32)17(26)15(24(35)36)19(10)37-18(9)14(16)23(33)34/h1-6,25H,(H,27,28)/p-1. The number of benzene rings is 3. The van der Waals surface area contributed by atoms with Crippen LogP contribution in [0.3, 0.4) is 0 Å². The van der Waals surface area contributed by atoms with Crippen molar-refractivity contribution in [2.24, 2.45) is 0 Å². The number of non-ortho nitro benzene ring substituents is 1. The number of nitro groups is 4. The molecule has 0 unspecified atom stereocenters. The third kappa shape index (κ3) is 3.58. The van der Waals surface area contributed by atoms with Gasteiger partial charge in [0, 0.05) is 28.6 Å². The molecule has 1 aliphatic heterocycles. The Morgan fingerprint density at radius 1 is 0.811 bits per heavy atom. The molecule has 0 aromatic heterocycles. The number of carboxylic acid groups (broad SMARTS) is 1. The van der Waals surface area contributed by atoms with Crippen molar-refractivity contribution >= 4 is 39.7 Å². The maximum atomic E-state index is 12.5. The summed E-state index contributed by atoms with van der Waals surface area (Å²) < 4.78 is 5.25. The third-order valence-electron chi connectivity index (χ3n) is 5.31. The summed E-state index contributed by atoms with van der Waals surface area (Å²) in [5, 5.41) is 68.0. The molecule has 1 N–H and O–H groups in total. The first kappa shape index (κ1) is 24.1. The number of aromatic carboxylic acids is 1. The smallest absolute Gasteiger partial charge is 0.366 e. The molecule has 0 amide bonds. The average Bonchev–Trinajstić information content (AvgIpc) is 2.81. The van der Waals surface area contributed by atoms with Gasteiger partial charge in [0.15, 0.2) is 0 Å². The van der Waals surface area contributed by atoms with Gasteiger partial charge in [-0.3, -0.25) is 45.3 Å². The van der Waals surface area contributed by atoms with E-state index in [0.717, 1.165) is 12.1 Å². The van der Waals surface area contributed by atoms with Gasteiger partial charge >= 0.3 is 28.5 Å². The Kier molecular flexibility index (Phi) is 5.44. The topological polar surface area (TPSA) is 263 Å². The van der Waals surface area contributed by atoms with Crippen molar-refractivity contribution in [1.82, 2.24) is 0 Å². The predicted octanol–water partition coefficient (Wildman–Crippen LogP) is 2.97. The van der Waals surface area contributed by atoms with E-state index in [9.17, 15) is 60.3 Å². The van der Waals surface area contributed by atoms with Gasteiger partial charge in [0.2, 0.25) is 11.3 Å². The summed E-state index contributed by atoms with van der Waals surface area (Å²) in [5.41, 5.74) is -10.6. The van der Waals surface area contributed by atoms with Crippen LogP contribution in [0, 0.1) is 40.5 Å². The molecule has 17 nitrogen and oxygen atoms in total. The van der Waals surface area contributed by atoms with Gasteiger partial charge in [-0.25, -0.2) is 4.79 Å². The van der Waals surface area contributed by atoms with Gasteiger partial charge in [-0.05, 0) is 11.6 Å². The van der Waals surface area contributed by atoms with Crippen molar-refractivity contribution in [2.45, 2.75) is 0 Å². The largest absolute Gasteiger partial charge is 0.863 e. The lowest BCUT2D eigenvalue weighted by Gasteiger charge is -2.18. The van der Waals surface area contributed by atoms with Crippen molar-refractivity contribution in [1.29, 1.82) is 0 Å². The summed E-state index contributed by atoms with van der Waals surface area (Å²) in [4.78, 5) is 65.7. The van der Waals surface area contributed by atoms with E-state index in [2.05, 4.69) is 0 Å². The van der Waals surface area contributed by atoms with Gasteiger partial charge in [-0.15, -0.1) is 0 Å². The molecule has 0 saturated carbocycles. The monoisotopic (exact) mass is 511 g/mol. The average molecular weight is 511 g/mol. The lowest BCUT2D eigenvalue weighted by atomic mass is 9.89. The minimum absolute atomic E-state index is 0.356. The number of nitrogens with zero attached hydrogens (tertiary/aromatic N) is 4. The first-order valence-electron chi connectivity index (χ1n) is 9.58. The molecule has 0 saturated heterocycles. The molecular weight excluding hydrogens is 504 g/mol. The van der Waals surface area contributed by atoms with E-state index in [1.807, 2.05) is 0 Å². The quantitative estimate of drug-likeness (QED) is 0.222. The van der Waals surface area contributed by atoms with Crippen molar-refractivity contribution in [3.63, 3.8) is 0 Å². The number of carbonyl (C=O) groups is 1. The fraction of sp³-hybridized carbons (Fsp3) is 0. The summed E-state index contributed by atoms with van der Waals surface area (Å²) in [6.45, 7) is 0. The minimum Gasteiger partial charge on any atom is -0.863 e. The van der Waals surface area contributed by atoms with Gasteiger partial charge < -0.3 is 14.6 Å². The van der Waals surface area contributed by atoms with Crippen molar-refractivity contribution in [3.05, 3.63) is 92.6 Å². The molecule has 2 aromatic rings. The Morgan fingerprint density at radius 2 is 1.41 bits per heavy atom. The van der Waals surface area contributed by atoms with E-state index in [1.165, 1.54) is 12.1 Å². The molecule has 1 heterocycles. The van der Waals surface area contributed by atoms with Gasteiger partial charge in [-0.1, -0.05) is 18.2 Å². The number of hydrogen-bond donors (Lipinski definition) is 1. The van der Waals surface area contributed by atoms with E-state index in [0.29, 0.717) is 12.1 Å². The van der Waals surface area contributed by atoms with Crippen LogP contribution in [0.5, 0.6) is 5.75 Å². The van der Waals surface area contributed by atoms with Crippen LogP contribution in [0.25, 0.3) is 33.4 Å². The van der Waals surface area contributed by atoms with Gasteiger partial charge in [0.25, 0.3) is 5.69 Å². The number of nitro benzene ring substituents is 4. The highest BCUT2D eigenvalue weighted by Crippen LogP contribution is 2.50. The van der Waals surface area contributed by atoms with Crippen molar-refractivity contribution < 1.29 is 39.1 Å².